The fourth-order valence-electron chi connectivity index (χ4n) is 2.98. The Balaban J connectivity index is 2.09. The summed E-state index contributed by atoms with van der Waals surface area (Å²) in [6.45, 7) is -1.54. The lowest BCUT2D eigenvalue weighted by Crippen LogP contribution is -2.36. The molecule has 1 saturated heterocycles. The average molecular weight is 300 g/mol. The molecule has 0 N–H and O–H groups in total. The van der Waals surface area contributed by atoms with Gasteiger partial charge < -0.3 is 22.6 Å². The zero-order valence-corrected chi connectivity index (χ0v) is 11.4. The number of ether oxygens (including phenoxy) is 1. The maximum Gasteiger partial charge on any atom is 0.488 e. The Hall–Kier alpha value is -1.02. The molecule has 0 aromatic carbocycles. The van der Waals surface area contributed by atoms with Crippen LogP contribution in [0.2, 0.25) is 5.82 Å². The van der Waals surface area contributed by atoms with Crippen LogP contribution in [0.4, 0.5) is 26.5 Å². The lowest BCUT2D eigenvalue weighted by atomic mass is 9.77. The largest absolute Gasteiger partial charge is 0.488 e. The van der Waals surface area contributed by atoms with E-state index >= 15 is 0 Å². The van der Waals surface area contributed by atoms with Crippen LogP contribution in [0.5, 0.6) is 0 Å². The minimum atomic E-state index is -5.62. The highest BCUT2D eigenvalue weighted by Crippen LogP contribution is 2.77. The summed E-state index contributed by atoms with van der Waals surface area (Å²) in [7, 11) is 0. The number of nitrogens with zero attached hydrogens (tertiary/aromatic N) is 1. The van der Waals surface area contributed by atoms with Crippen LogP contribution >= 0.6 is 0 Å². The lowest BCUT2D eigenvalue weighted by molar-refractivity contribution is 0.0252. The number of hydrogen-bond donors (Lipinski definition) is 0. The third-order valence-corrected chi connectivity index (χ3v) is 3.90. The molecule has 1 heterocycles. The van der Waals surface area contributed by atoms with Crippen molar-refractivity contribution in [2.24, 2.45) is 5.41 Å². The highest BCUT2D eigenvalue weighted by Gasteiger charge is 2.85. The van der Waals surface area contributed by atoms with Crippen molar-refractivity contribution in [1.29, 1.82) is 0 Å². The number of alkyl halides is 2. The Morgan fingerprint density at radius 1 is 1.30 bits per heavy atom. The van der Waals surface area contributed by atoms with Crippen LogP contribution in [-0.2, 0) is 4.74 Å². The monoisotopic (exact) mass is 300 g/mol. The van der Waals surface area contributed by atoms with Crippen LogP contribution in [0.3, 0.4) is 0 Å². The molecule has 2 unspecified atom stereocenters. The topological polar surface area (TPSA) is 29.5 Å². The second-order valence-corrected chi connectivity index (χ2v) is 6.53. The van der Waals surface area contributed by atoms with Crippen molar-refractivity contribution in [3.63, 3.8) is 0 Å². The van der Waals surface area contributed by atoms with Gasteiger partial charge in [0.05, 0.1) is 0 Å². The third-order valence-electron chi connectivity index (χ3n) is 3.90. The number of hydrogen-bond acceptors (Lipinski definition) is 2. The normalized spacial score (nSPS) is 32.6. The second kappa shape index (κ2) is 4.01. The van der Waals surface area contributed by atoms with Crippen molar-refractivity contribution in [3.8, 4) is 0 Å². The minimum Gasteiger partial charge on any atom is -0.449 e. The summed E-state index contributed by atoms with van der Waals surface area (Å²) >= 11 is 0. The number of halogens is 5. The van der Waals surface area contributed by atoms with Crippen molar-refractivity contribution < 1.29 is 31.3 Å². The summed E-state index contributed by atoms with van der Waals surface area (Å²) in [5.74, 6) is -6.37. The number of carbonyl (C=O) groups is 1. The van der Waals surface area contributed by atoms with Crippen molar-refractivity contribution in [3.05, 3.63) is 0 Å². The summed E-state index contributed by atoms with van der Waals surface area (Å²) in [5, 5.41) is 0. The summed E-state index contributed by atoms with van der Waals surface area (Å²) in [4.78, 5) is 12.7. The first-order valence-corrected chi connectivity index (χ1v) is 6.37. The highest BCUT2D eigenvalue weighted by molar-refractivity contribution is 6.62. The van der Waals surface area contributed by atoms with Gasteiger partial charge in [-0.1, -0.05) is 0 Å². The molecule has 0 aromatic rings. The molecular weight excluding hydrogens is 284 g/mol. The van der Waals surface area contributed by atoms with Crippen LogP contribution in [0.1, 0.15) is 27.2 Å². The van der Waals surface area contributed by atoms with E-state index in [9.17, 15) is 26.5 Å². The molecule has 2 atom stereocenters. The van der Waals surface area contributed by atoms with Crippen LogP contribution in [0.25, 0.3) is 0 Å². The van der Waals surface area contributed by atoms with E-state index < -0.39 is 42.4 Å². The Bertz CT molecular complexity index is 434. The molecule has 9 heteroatoms. The zero-order valence-electron chi connectivity index (χ0n) is 11.4. The average Bonchev–Trinajstić information content (AvgIpc) is 2.52. The van der Waals surface area contributed by atoms with E-state index in [1.54, 1.807) is 20.8 Å². The van der Waals surface area contributed by atoms with Crippen LogP contribution in [0, 0.1) is 5.41 Å². The van der Waals surface area contributed by atoms with Crippen molar-refractivity contribution in [2.75, 3.05) is 13.1 Å². The fourth-order valence-corrected chi connectivity index (χ4v) is 2.98. The molecule has 0 aromatic heterocycles. The predicted octanol–water partition coefficient (Wildman–Crippen LogP) is 3.48. The van der Waals surface area contributed by atoms with Crippen molar-refractivity contribution in [2.45, 2.75) is 44.5 Å². The van der Waals surface area contributed by atoms with Gasteiger partial charge in [-0.05, 0) is 27.2 Å². The first-order chi connectivity index (χ1) is 8.81. The number of carbonyl (C=O) groups excluding carboxylic acids is 1. The van der Waals surface area contributed by atoms with Gasteiger partial charge in [0.2, 0.25) is 5.92 Å². The number of likely N-dealkylation sites (tertiary alicyclic amines) is 1. The molecule has 1 aliphatic carbocycles. The van der Waals surface area contributed by atoms with E-state index in [1.165, 1.54) is 0 Å². The minimum absolute atomic E-state index is 0.132. The molecule has 1 amide bonds. The van der Waals surface area contributed by atoms with Crippen LogP contribution in [-0.4, -0.2) is 42.6 Å². The molecule has 0 radical (unpaired) electrons. The van der Waals surface area contributed by atoms with Gasteiger partial charge in [0, 0.05) is 24.3 Å². The van der Waals surface area contributed by atoms with E-state index in [2.05, 4.69) is 0 Å². The van der Waals surface area contributed by atoms with Crippen LogP contribution in [0.15, 0.2) is 0 Å². The van der Waals surface area contributed by atoms with E-state index in [1.807, 2.05) is 0 Å². The van der Waals surface area contributed by atoms with E-state index in [4.69, 9.17) is 4.74 Å². The van der Waals surface area contributed by atoms with E-state index in [0.717, 1.165) is 4.90 Å². The summed E-state index contributed by atoms with van der Waals surface area (Å²) in [6.07, 6.45) is -1.18. The molecule has 2 aliphatic rings. The Kier molecular flexibility index (Phi) is 3.08. The summed E-state index contributed by atoms with van der Waals surface area (Å²) in [6, 6.07) is 0. The molecule has 1 saturated carbocycles. The standard InChI is InChI=1S/C11H16BF5NO2/c1-9(2,3)20-8(19)18-5-4-10(6-18)7(11(10,13)14)12(15,16)17/h7H,4-6H2,1-3H3/q-1. The van der Waals surface area contributed by atoms with Gasteiger partial charge in [-0.25, -0.2) is 13.6 Å². The SMILES string of the molecule is CC(C)(C)OC(=O)N1CCC2(C1)C([B-](F)(F)F)C2(F)F. The fraction of sp³-hybridized carbons (Fsp3) is 0.909. The van der Waals surface area contributed by atoms with Crippen LogP contribution < -0.4 is 0 Å². The molecule has 1 spiro atoms. The van der Waals surface area contributed by atoms with Gasteiger partial charge in [0.15, 0.2) is 0 Å². The highest BCUT2D eigenvalue weighted by atomic mass is 19.4. The van der Waals surface area contributed by atoms with Gasteiger partial charge in [-0.3, -0.25) is 0 Å². The summed E-state index contributed by atoms with van der Waals surface area (Å²) < 4.78 is 70.1. The Morgan fingerprint density at radius 2 is 1.85 bits per heavy atom. The lowest BCUT2D eigenvalue weighted by Gasteiger charge is -2.24. The zero-order chi connectivity index (χ0) is 15.6. The van der Waals surface area contributed by atoms with E-state index in [0.29, 0.717) is 0 Å². The van der Waals surface area contributed by atoms with Crippen molar-refractivity contribution >= 4 is 13.1 Å². The molecule has 2 fully saturated rings. The molecule has 116 valence electrons. The number of amides is 1. The maximum absolute atomic E-state index is 13.5. The third kappa shape index (κ3) is 2.24. The first kappa shape index (κ1) is 15.4. The summed E-state index contributed by atoms with van der Waals surface area (Å²) in [5.41, 5.74) is -2.95. The second-order valence-electron chi connectivity index (χ2n) is 6.53. The molecule has 2 rings (SSSR count). The predicted molar refractivity (Wildman–Crippen MR) is 62.6 cm³/mol. The van der Waals surface area contributed by atoms with Gasteiger partial charge >= 0.3 is 13.1 Å². The Labute approximate surface area is 113 Å². The molecule has 3 nitrogen and oxygen atoms in total. The number of rotatable bonds is 1. The smallest absolute Gasteiger partial charge is 0.449 e. The van der Waals surface area contributed by atoms with Crippen molar-refractivity contribution in [1.82, 2.24) is 4.90 Å². The molecule has 0 bridgehead atoms. The molecular formula is C11H16BF5NO2-. The van der Waals surface area contributed by atoms with Gasteiger partial charge in [-0.15, -0.1) is 0 Å². The van der Waals surface area contributed by atoms with Gasteiger partial charge in [0.1, 0.15) is 5.60 Å². The molecule has 1 aliphatic heterocycles. The molecule has 20 heavy (non-hydrogen) atoms. The first-order valence-electron chi connectivity index (χ1n) is 6.37. The maximum atomic E-state index is 13.5. The van der Waals surface area contributed by atoms with Gasteiger partial charge in [-0.2, -0.15) is 0 Å². The quantitative estimate of drug-likeness (QED) is 0.548. The Morgan fingerprint density at radius 3 is 2.25 bits per heavy atom. The van der Waals surface area contributed by atoms with Gasteiger partial charge in [0.25, 0.3) is 0 Å². The van der Waals surface area contributed by atoms with E-state index in [-0.39, 0.29) is 13.0 Å².